The lowest BCUT2D eigenvalue weighted by atomic mass is 9.74. The molecule has 0 aromatic carbocycles. The van der Waals surface area contributed by atoms with Crippen molar-refractivity contribution in [3.05, 3.63) is 12.2 Å². The van der Waals surface area contributed by atoms with Crippen LogP contribution in [-0.2, 0) is 0 Å². The van der Waals surface area contributed by atoms with Gasteiger partial charge in [0.1, 0.15) is 0 Å². The molecule has 0 bridgehead atoms. The first-order chi connectivity index (χ1) is 5.17. The van der Waals surface area contributed by atoms with Crippen LogP contribution in [0, 0.1) is 11.3 Å². The van der Waals surface area contributed by atoms with Crippen LogP contribution in [0.2, 0.25) is 0 Å². The highest BCUT2D eigenvalue weighted by atomic mass is 79.9. The van der Waals surface area contributed by atoms with E-state index in [4.69, 9.17) is 0 Å². The largest absolute Gasteiger partial charge is 0.0922 e. The summed E-state index contributed by atoms with van der Waals surface area (Å²) >= 11 is 3.58. The van der Waals surface area contributed by atoms with Crippen LogP contribution < -0.4 is 0 Å². The van der Waals surface area contributed by atoms with Gasteiger partial charge in [-0.25, -0.2) is 0 Å². The van der Waals surface area contributed by atoms with E-state index in [1.165, 1.54) is 19.3 Å². The van der Waals surface area contributed by atoms with Crippen LogP contribution in [0.1, 0.15) is 33.1 Å². The number of allylic oxidation sites excluding steroid dienone is 2. The molecule has 1 rings (SSSR count). The summed E-state index contributed by atoms with van der Waals surface area (Å²) in [6.45, 7) is 4.71. The summed E-state index contributed by atoms with van der Waals surface area (Å²) in [5.74, 6) is 0.881. The van der Waals surface area contributed by atoms with E-state index in [0.29, 0.717) is 5.41 Å². The minimum Gasteiger partial charge on any atom is -0.0922 e. The van der Waals surface area contributed by atoms with E-state index in [1.807, 2.05) is 0 Å². The monoisotopic (exact) mass is 216 g/mol. The zero-order valence-electron chi connectivity index (χ0n) is 7.44. The van der Waals surface area contributed by atoms with E-state index in [9.17, 15) is 0 Å². The molecule has 0 spiro atoms. The van der Waals surface area contributed by atoms with Crippen molar-refractivity contribution in [1.29, 1.82) is 0 Å². The third-order valence-corrected chi connectivity index (χ3v) is 4.16. The second-order valence-corrected chi connectivity index (χ2v) is 4.66. The van der Waals surface area contributed by atoms with Crippen LogP contribution in [0.15, 0.2) is 12.2 Å². The molecule has 1 unspecified atom stereocenters. The first kappa shape index (κ1) is 9.31. The molecule has 0 aliphatic heterocycles. The van der Waals surface area contributed by atoms with Crippen LogP contribution in [0.5, 0.6) is 0 Å². The lowest BCUT2D eigenvalue weighted by Gasteiger charge is -2.33. The van der Waals surface area contributed by atoms with Crippen LogP contribution in [0.4, 0.5) is 0 Å². The number of alkyl halides is 1. The van der Waals surface area contributed by atoms with Crippen LogP contribution >= 0.6 is 15.9 Å². The summed E-state index contributed by atoms with van der Waals surface area (Å²) in [5, 5.41) is 1.12. The van der Waals surface area contributed by atoms with E-state index < -0.39 is 0 Å². The maximum absolute atomic E-state index is 3.58. The van der Waals surface area contributed by atoms with Gasteiger partial charge in [0.05, 0.1) is 0 Å². The predicted octanol–water partition coefficient (Wildman–Crippen LogP) is 3.76. The van der Waals surface area contributed by atoms with Crippen molar-refractivity contribution < 1.29 is 0 Å². The Hall–Kier alpha value is 0.220. The molecule has 1 atom stereocenters. The van der Waals surface area contributed by atoms with E-state index in [0.717, 1.165) is 11.2 Å². The van der Waals surface area contributed by atoms with E-state index >= 15 is 0 Å². The molecule has 11 heavy (non-hydrogen) atoms. The summed E-state index contributed by atoms with van der Waals surface area (Å²) in [6, 6.07) is 0. The molecule has 0 fully saturated rings. The van der Waals surface area contributed by atoms with Crippen molar-refractivity contribution in [2.75, 3.05) is 5.33 Å². The Labute approximate surface area is 78.2 Å². The molecular weight excluding hydrogens is 200 g/mol. The van der Waals surface area contributed by atoms with Crippen LogP contribution in [0.25, 0.3) is 0 Å². The van der Waals surface area contributed by atoms with Gasteiger partial charge in [-0.3, -0.25) is 0 Å². The van der Waals surface area contributed by atoms with E-state index in [2.05, 4.69) is 41.9 Å². The Bertz CT molecular complexity index is 147. The Morgan fingerprint density at radius 1 is 1.45 bits per heavy atom. The normalized spacial score (nSPS) is 25.5. The SMILES string of the molecule is CC(C)(CBr)C1CC=CCC1. The van der Waals surface area contributed by atoms with Gasteiger partial charge < -0.3 is 0 Å². The van der Waals surface area contributed by atoms with Gasteiger partial charge in [-0.15, -0.1) is 0 Å². The molecule has 1 heteroatoms. The molecule has 0 saturated heterocycles. The Balaban J connectivity index is 2.52. The average molecular weight is 217 g/mol. The minimum atomic E-state index is 0.477. The second-order valence-electron chi connectivity index (χ2n) is 4.10. The summed E-state index contributed by atoms with van der Waals surface area (Å²) in [4.78, 5) is 0. The van der Waals surface area contributed by atoms with Gasteiger partial charge in [-0.2, -0.15) is 0 Å². The molecule has 1 aliphatic carbocycles. The quantitative estimate of drug-likeness (QED) is 0.488. The molecular formula is C10H17Br. The third-order valence-electron chi connectivity index (χ3n) is 2.72. The van der Waals surface area contributed by atoms with Gasteiger partial charge in [0.15, 0.2) is 0 Å². The third kappa shape index (κ3) is 2.33. The predicted molar refractivity (Wildman–Crippen MR) is 54.1 cm³/mol. The van der Waals surface area contributed by atoms with Crippen molar-refractivity contribution >= 4 is 15.9 Å². The zero-order valence-corrected chi connectivity index (χ0v) is 9.02. The second kappa shape index (κ2) is 3.75. The highest BCUT2D eigenvalue weighted by molar-refractivity contribution is 9.09. The molecule has 0 aromatic heterocycles. The van der Waals surface area contributed by atoms with Gasteiger partial charge in [0.25, 0.3) is 0 Å². The maximum Gasteiger partial charge on any atom is 0.00854 e. The fourth-order valence-electron chi connectivity index (χ4n) is 1.61. The van der Waals surface area contributed by atoms with Crippen molar-refractivity contribution in [2.24, 2.45) is 11.3 Å². The van der Waals surface area contributed by atoms with E-state index in [1.54, 1.807) is 0 Å². The Kier molecular flexibility index (Phi) is 3.17. The summed E-state index contributed by atoms with van der Waals surface area (Å²) < 4.78 is 0. The molecule has 0 amide bonds. The Morgan fingerprint density at radius 3 is 2.64 bits per heavy atom. The van der Waals surface area contributed by atoms with Crippen LogP contribution in [0.3, 0.4) is 0 Å². The molecule has 0 N–H and O–H groups in total. The number of halogens is 1. The van der Waals surface area contributed by atoms with Crippen molar-refractivity contribution in [3.8, 4) is 0 Å². The lowest BCUT2D eigenvalue weighted by Crippen LogP contribution is -2.26. The molecule has 1 aliphatic rings. The fraction of sp³-hybridized carbons (Fsp3) is 0.800. The summed E-state index contributed by atoms with van der Waals surface area (Å²) in [7, 11) is 0. The first-order valence-corrected chi connectivity index (χ1v) is 5.50. The molecule has 0 radical (unpaired) electrons. The van der Waals surface area contributed by atoms with Crippen molar-refractivity contribution in [3.63, 3.8) is 0 Å². The van der Waals surface area contributed by atoms with Gasteiger partial charge in [-0.1, -0.05) is 41.9 Å². The molecule has 64 valence electrons. The average Bonchev–Trinajstić information content (AvgIpc) is 2.06. The molecule has 0 nitrogen and oxygen atoms in total. The molecule has 0 saturated carbocycles. The van der Waals surface area contributed by atoms with Crippen molar-refractivity contribution in [1.82, 2.24) is 0 Å². The standard InChI is InChI=1S/C10H17Br/c1-10(2,8-11)9-6-4-3-5-7-9/h3-4,9H,5-8H2,1-2H3. The van der Waals surface area contributed by atoms with Crippen LogP contribution in [-0.4, -0.2) is 5.33 Å². The van der Waals surface area contributed by atoms with Gasteiger partial charge >= 0.3 is 0 Å². The smallest absolute Gasteiger partial charge is 0.00854 e. The maximum atomic E-state index is 3.58. The van der Waals surface area contributed by atoms with Crippen molar-refractivity contribution in [2.45, 2.75) is 33.1 Å². The van der Waals surface area contributed by atoms with Gasteiger partial charge in [0, 0.05) is 5.33 Å². The number of rotatable bonds is 2. The number of hydrogen-bond donors (Lipinski definition) is 0. The highest BCUT2D eigenvalue weighted by Crippen LogP contribution is 2.36. The minimum absolute atomic E-state index is 0.477. The first-order valence-electron chi connectivity index (χ1n) is 4.38. The Morgan fingerprint density at radius 2 is 2.18 bits per heavy atom. The molecule has 0 aromatic rings. The zero-order chi connectivity index (χ0) is 8.32. The summed E-state index contributed by atoms with van der Waals surface area (Å²) in [5.41, 5.74) is 0.477. The highest BCUT2D eigenvalue weighted by Gasteiger charge is 2.27. The van der Waals surface area contributed by atoms with Gasteiger partial charge in [-0.05, 0) is 30.6 Å². The van der Waals surface area contributed by atoms with E-state index in [-0.39, 0.29) is 0 Å². The fourth-order valence-corrected chi connectivity index (χ4v) is 2.07. The lowest BCUT2D eigenvalue weighted by molar-refractivity contribution is 0.231. The number of hydrogen-bond acceptors (Lipinski definition) is 0. The summed E-state index contributed by atoms with van der Waals surface area (Å²) in [6.07, 6.45) is 8.56. The molecule has 0 heterocycles. The van der Waals surface area contributed by atoms with Gasteiger partial charge in [0.2, 0.25) is 0 Å². The topological polar surface area (TPSA) is 0 Å².